The van der Waals surface area contributed by atoms with Gasteiger partial charge in [0.15, 0.2) is 5.69 Å². The molecule has 10 heteroatoms. The number of hydrogen-bond donors (Lipinski definition) is 2. The first-order valence-electron chi connectivity index (χ1n) is 7.84. The molecule has 1 aliphatic rings. The molecular weight excluding hydrogens is 348 g/mol. The van der Waals surface area contributed by atoms with Gasteiger partial charge in [-0.3, -0.25) is 9.59 Å². The van der Waals surface area contributed by atoms with Crippen molar-refractivity contribution in [1.82, 2.24) is 20.1 Å². The number of aromatic nitrogens is 1. The Kier molecular flexibility index (Phi) is 6.85. The Labute approximate surface area is 149 Å². The Morgan fingerprint density at radius 1 is 1.44 bits per heavy atom. The number of carbonyl (C=O) groups is 3. The van der Waals surface area contributed by atoms with Crippen LogP contribution in [0.3, 0.4) is 0 Å². The maximum Gasteiger partial charge on any atom is 0.355 e. The Balaban J connectivity index is 1.89. The minimum Gasteiger partial charge on any atom is -0.476 e. The average Bonchev–Trinajstić information content (AvgIpc) is 3.04. The van der Waals surface area contributed by atoms with Gasteiger partial charge >= 0.3 is 5.97 Å². The van der Waals surface area contributed by atoms with Gasteiger partial charge in [0, 0.05) is 45.1 Å². The number of likely N-dealkylation sites (N-methyl/N-ethyl adjacent to an activating group) is 1. The van der Waals surface area contributed by atoms with E-state index >= 15 is 0 Å². The van der Waals surface area contributed by atoms with Crippen molar-refractivity contribution in [2.45, 2.75) is 12.5 Å². The first-order valence-corrected chi connectivity index (χ1v) is 8.72. The molecule has 1 aromatic rings. The van der Waals surface area contributed by atoms with E-state index in [1.165, 1.54) is 23.8 Å². The summed E-state index contributed by atoms with van der Waals surface area (Å²) in [6.07, 6.45) is 0.443. The average molecular weight is 370 g/mol. The van der Waals surface area contributed by atoms with Crippen LogP contribution in [0.25, 0.3) is 0 Å². The Bertz CT molecular complexity index is 635. The van der Waals surface area contributed by atoms with E-state index in [-0.39, 0.29) is 24.1 Å². The molecule has 0 aromatic carbocycles. The maximum atomic E-state index is 12.5. The highest BCUT2D eigenvalue weighted by molar-refractivity contribution is 7.09. The van der Waals surface area contributed by atoms with Crippen molar-refractivity contribution in [1.29, 1.82) is 0 Å². The summed E-state index contributed by atoms with van der Waals surface area (Å²) in [5.41, 5.74) is 0.0107. The van der Waals surface area contributed by atoms with Gasteiger partial charge in [0.1, 0.15) is 12.6 Å². The summed E-state index contributed by atoms with van der Waals surface area (Å²) in [4.78, 5) is 42.9. The number of rotatable bonds is 7. The molecule has 1 fully saturated rings. The molecule has 2 amide bonds. The standard InChI is InChI=1S/C15H22N4O5S/c1-18-5-6-19(13(20)8-24-2)11(7-18)14(21)16-4-3-12-17-10(9-25-12)15(22)23/h9,11H,3-8H2,1-2H3,(H,16,21)(H,22,23). The molecule has 0 radical (unpaired) electrons. The van der Waals surface area contributed by atoms with Crippen LogP contribution >= 0.6 is 11.3 Å². The third-order valence-electron chi connectivity index (χ3n) is 3.88. The lowest BCUT2D eigenvalue weighted by molar-refractivity contribution is -0.146. The minimum atomic E-state index is -1.07. The molecular formula is C15H22N4O5S. The molecule has 2 rings (SSSR count). The number of aromatic carboxylic acids is 1. The summed E-state index contributed by atoms with van der Waals surface area (Å²) in [5, 5.41) is 13.8. The number of thiazole rings is 1. The second-order valence-corrected chi connectivity index (χ2v) is 6.71. The quantitative estimate of drug-likeness (QED) is 0.652. The molecule has 1 aliphatic heterocycles. The van der Waals surface area contributed by atoms with Crippen LogP contribution in [0.15, 0.2) is 5.38 Å². The molecule has 1 unspecified atom stereocenters. The van der Waals surface area contributed by atoms with Crippen molar-refractivity contribution in [3.05, 3.63) is 16.1 Å². The smallest absolute Gasteiger partial charge is 0.355 e. The van der Waals surface area contributed by atoms with E-state index in [0.29, 0.717) is 37.6 Å². The largest absolute Gasteiger partial charge is 0.476 e. The first-order chi connectivity index (χ1) is 11.9. The van der Waals surface area contributed by atoms with E-state index in [1.54, 1.807) is 4.90 Å². The topological polar surface area (TPSA) is 112 Å². The summed E-state index contributed by atoms with van der Waals surface area (Å²) in [6.45, 7) is 1.92. The highest BCUT2D eigenvalue weighted by atomic mass is 32.1. The zero-order chi connectivity index (χ0) is 18.4. The second kappa shape index (κ2) is 8.88. The number of carboxylic acids is 1. The number of hydrogen-bond acceptors (Lipinski definition) is 7. The van der Waals surface area contributed by atoms with Gasteiger partial charge in [-0.2, -0.15) is 0 Å². The molecule has 1 aromatic heterocycles. The lowest BCUT2D eigenvalue weighted by Crippen LogP contribution is -2.60. The third-order valence-corrected chi connectivity index (χ3v) is 4.79. The van der Waals surface area contributed by atoms with Crippen molar-refractivity contribution in [3.8, 4) is 0 Å². The maximum absolute atomic E-state index is 12.5. The van der Waals surface area contributed by atoms with E-state index in [4.69, 9.17) is 9.84 Å². The van der Waals surface area contributed by atoms with Crippen LogP contribution in [-0.4, -0.2) is 90.7 Å². The van der Waals surface area contributed by atoms with Crippen LogP contribution in [0.2, 0.25) is 0 Å². The Hall–Kier alpha value is -2.04. The summed E-state index contributed by atoms with van der Waals surface area (Å²) in [6, 6.07) is -0.563. The molecule has 25 heavy (non-hydrogen) atoms. The summed E-state index contributed by atoms with van der Waals surface area (Å²) < 4.78 is 4.88. The van der Waals surface area contributed by atoms with Crippen molar-refractivity contribution >= 4 is 29.1 Å². The lowest BCUT2D eigenvalue weighted by atomic mass is 10.1. The van der Waals surface area contributed by atoms with E-state index in [9.17, 15) is 14.4 Å². The summed E-state index contributed by atoms with van der Waals surface area (Å²) >= 11 is 1.25. The van der Waals surface area contributed by atoms with Crippen LogP contribution in [-0.2, 0) is 20.7 Å². The van der Waals surface area contributed by atoms with Gasteiger partial charge in [-0.15, -0.1) is 11.3 Å². The number of amides is 2. The summed E-state index contributed by atoms with van der Waals surface area (Å²) in [5.74, 6) is -1.50. The normalized spacial score (nSPS) is 18.2. The minimum absolute atomic E-state index is 0.0107. The highest BCUT2D eigenvalue weighted by Crippen LogP contribution is 2.11. The van der Waals surface area contributed by atoms with Crippen LogP contribution in [0.4, 0.5) is 0 Å². The predicted molar refractivity (Wildman–Crippen MR) is 90.7 cm³/mol. The monoisotopic (exact) mass is 370 g/mol. The molecule has 2 heterocycles. The van der Waals surface area contributed by atoms with Crippen molar-refractivity contribution < 1.29 is 24.2 Å². The van der Waals surface area contributed by atoms with Crippen molar-refractivity contribution in [2.24, 2.45) is 0 Å². The zero-order valence-corrected chi connectivity index (χ0v) is 15.0. The van der Waals surface area contributed by atoms with E-state index in [0.717, 1.165) is 0 Å². The molecule has 0 aliphatic carbocycles. The number of nitrogens with zero attached hydrogens (tertiary/aromatic N) is 3. The second-order valence-electron chi connectivity index (χ2n) is 5.77. The number of carbonyl (C=O) groups excluding carboxylic acids is 2. The van der Waals surface area contributed by atoms with Gasteiger partial charge in [0.05, 0.1) is 5.01 Å². The summed E-state index contributed by atoms with van der Waals surface area (Å²) in [7, 11) is 3.35. The Morgan fingerprint density at radius 3 is 2.84 bits per heavy atom. The van der Waals surface area contributed by atoms with Gasteiger partial charge in [-0.05, 0) is 7.05 Å². The van der Waals surface area contributed by atoms with Gasteiger partial charge in [-0.1, -0.05) is 0 Å². The van der Waals surface area contributed by atoms with E-state index < -0.39 is 12.0 Å². The molecule has 0 saturated carbocycles. The number of carboxylic acid groups (broad SMARTS) is 1. The van der Waals surface area contributed by atoms with Crippen molar-refractivity contribution in [2.75, 3.05) is 46.9 Å². The van der Waals surface area contributed by atoms with Crippen LogP contribution in [0.1, 0.15) is 15.5 Å². The molecule has 138 valence electrons. The van der Waals surface area contributed by atoms with Crippen LogP contribution < -0.4 is 5.32 Å². The fourth-order valence-corrected chi connectivity index (χ4v) is 3.36. The Morgan fingerprint density at radius 2 is 2.20 bits per heavy atom. The highest BCUT2D eigenvalue weighted by Gasteiger charge is 2.33. The zero-order valence-electron chi connectivity index (χ0n) is 14.2. The molecule has 9 nitrogen and oxygen atoms in total. The predicted octanol–water partition coefficient (Wildman–Crippen LogP) is -0.711. The number of ether oxygens (including phenoxy) is 1. The molecule has 2 N–H and O–H groups in total. The van der Waals surface area contributed by atoms with Crippen LogP contribution in [0.5, 0.6) is 0 Å². The molecule has 0 spiro atoms. The number of nitrogens with one attached hydrogen (secondary N) is 1. The van der Waals surface area contributed by atoms with Gasteiger partial charge in [-0.25, -0.2) is 9.78 Å². The fourth-order valence-electron chi connectivity index (χ4n) is 2.58. The van der Waals surface area contributed by atoms with Crippen LogP contribution in [0, 0.1) is 0 Å². The lowest BCUT2D eigenvalue weighted by Gasteiger charge is -2.38. The number of methoxy groups -OCH3 is 1. The first kappa shape index (κ1) is 19.3. The molecule has 0 bridgehead atoms. The van der Waals surface area contributed by atoms with Gasteiger partial charge < -0.3 is 25.0 Å². The van der Waals surface area contributed by atoms with E-state index in [1.807, 2.05) is 11.9 Å². The fraction of sp³-hybridized carbons (Fsp3) is 0.600. The molecule has 1 atom stereocenters. The van der Waals surface area contributed by atoms with Gasteiger partial charge in [0.2, 0.25) is 11.8 Å². The molecule has 1 saturated heterocycles. The third kappa shape index (κ3) is 5.21. The number of piperazine rings is 1. The van der Waals surface area contributed by atoms with Crippen molar-refractivity contribution in [3.63, 3.8) is 0 Å². The SMILES string of the molecule is COCC(=O)N1CCN(C)CC1C(=O)NCCc1nc(C(=O)O)cs1. The van der Waals surface area contributed by atoms with E-state index in [2.05, 4.69) is 10.3 Å². The van der Waals surface area contributed by atoms with Gasteiger partial charge in [0.25, 0.3) is 0 Å².